The minimum atomic E-state index is -0.506. The fourth-order valence-corrected chi connectivity index (χ4v) is 2.08. The molecule has 0 aromatic carbocycles. The first-order chi connectivity index (χ1) is 7.46. The second-order valence-corrected chi connectivity index (χ2v) is 4.90. The Hall–Kier alpha value is -1.16. The van der Waals surface area contributed by atoms with Gasteiger partial charge in [-0.3, -0.25) is 0 Å². The molecule has 0 amide bonds. The van der Waals surface area contributed by atoms with Crippen LogP contribution in [0.1, 0.15) is 31.3 Å². The van der Waals surface area contributed by atoms with Crippen molar-refractivity contribution in [3.63, 3.8) is 0 Å². The predicted molar refractivity (Wildman–Crippen MR) is 63.6 cm³/mol. The molecule has 0 saturated carbocycles. The molecule has 2 rings (SSSR count). The van der Waals surface area contributed by atoms with Crippen LogP contribution in [0.25, 0.3) is 0 Å². The third-order valence-corrected chi connectivity index (χ3v) is 3.12. The van der Waals surface area contributed by atoms with Gasteiger partial charge < -0.3 is 10.0 Å². The maximum Gasteiger partial charge on any atom is 0.132 e. The zero-order valence-corrected chi connectivity index (χ0v) is 10.2. The Morgan fingerprint density at radius 3 is 2.44 bits per heavy atom. The van der Waals surface area contributed by atoms with Crippen molar-refractivity contribution >= 4 is 5.82 Å². The molecule has 1 aromatic heterocycles. The van der Waals surface area contributed by atoms with Crippen LogP contribution in [-0.4, -0.2) is 33.8 Å². The van der Waals surface area contributed by atoms with Crippen LogP contribution >= 0.6 is 0 Å². The Bertz CT molecular complexity index is 360. The summed E-state index contributed by atoms with van der Waals surface area (Å²) in [6.07, 6.45) is 1.60. The lowest BCUT2D eigenvalue weighted by Gasteiger charge is -2.36. The summed E-state index contributed by atoms with van der Waals surface area (Å²) in [5, 5.41) is 9.89. The SMILES string of the molecule is Cc1cc(N2CCC(C)(O)CC2)nc(C)n1. The molecule has 0 unspecified atom stereocenters. The Morgan fingerprint density at radius 2 is 1.88 bits per heavy atom. The Kier molecular flexibility index (Phi) is 2.84. The quantitative estimate of drug-likeness (QED) is 0.779. The number of piperidine rings is 1. The van der Waals surface area contributed by atoms with Crippen molar-refractivity contribution in [1.29, 1.82) is 0 Å². The normalized spacial score (nSPS) is 19.9. The van der Waals surface area contributed by atoms with E-state index < -0.39 is 5.60 Å². The van der Waals surface area contributed by atoms with E-state index in [1.54, 1.807) is 0 Å². The van der Waals surface area contributed by atoms with Crippen LogP contribution in [-0.2, 0) is 0 Å². The van der Waals surface area contributed by atoms with Gasteiger partial charge in [0.2, 0.25) is 0 Å². The van der Waals surface area contributed by atoms with E-state index in [1.807, 2.05) is 26.8 Å². The van der Waals surface area contributed by atoms with Gasteiger partial charge >= 0.3 is 0 Å². The average molecular weight is 221 g/mol. The van der Waals surface area contributed by atoms with Gasteiger partial charge in [-0.05, 0) is 33.6 Å². The topological polar surface area (TPSA) is 49.2 Å². The van der Waals surface area contributed by atoms with E-state index in [9.17, 15) is 5.11 Å². The lowest BCUT2D eigenvalue weighted by atomic mass is 9.94. The van der Waals surface area contributed by atoms with E-state index in [4.69, 9.17) is 0 Å². The molecular weight excluding hydrogens is 202 g/mol. The van der Waals surface area contributed by atoms with Gasteiger partial charge in [-0.15, -0.1) is 0 Å². The van der Waals surface area contributed by atoms with Gasteiger partial charge in [0.1, 0.15) is 11.6 Å². The average Bonchev–Trinajstić information content (AvgIpc) is 2.15. The minimum Gasteiger partial charge on any atom is -0.390 e. The first-order valence-electron chi connectivity index (χ1n) is 5.76. The molecule has 1 N–H and O–H groups in total. The summed E-state index contributed by atoms with van der Waals surface area (Å²) in [5.74, 6) is 1.80. The van der Waals surface area contributed by atoms with Crippen molar-refractivity contribution in [2.24, 2.45) is 0 Å². The van der Waals surface area contributed by atoms with Gasteiger partial charge in [-0.1, -0.05) is 0 Å². The highest BCUT2D eigenvalue weighted by molar-refractivity contribution is 5.40. The molecule has 2 heterocycles. The standard InChI is InChI=1S/C12H19N3O/c1-9-8-11(14-10(2)13-9)15-6-4-12(3,16)5-7-15/h8,16H,4-7H2,1-3H3. The first kappa shape index (κ1) is 11.3. The number of aliphatic hydroxyl groups is 1. The molecule has 1 aromatic rings. The van der Waals surface area contributed by atoms with Crippen molar-refractivity contribution in [3.05, 3.63) is 17.6 Å². The lowest BCUT2D eigenvalue weighted by molar-refractivity contribution is 0.0350. The zero-order valence-electron chi connectivity index (χ0n) is 10.2. The van der Waals surface area contributed by atoms with E-state index in [1.165, 1.54) is 0 Å². The number of hydrogen-bond donors (Lipinski definition) is 1. The highest BCUT2D eigenvalue weighted by Gasteiger charge is 2.27. The number of aromatic nitrogens is 2. The van der Waals surface area contributed by atoms with E-state index in [-0.39, 0.29) is 0 Å². The number of hydrogen-bond acceptors (Lipinski definition) is 4. The molecule has 1 aliphatic rings. The van der Waals surface area contributed by atoms with Crippen molar-refractivity contribution in [3.8, 4) is 0 Å². The zero-order chi connectivity index (χ0) is 11.8. The summed E-state index contributed by atoms with van der Waals surface area (Å²) >= 11 is 0. The number of anilines is 1. The minimum absolute atomic E-state index is 0.506. The van der Waals surface area contributed by atoms with Crippen LogP contribution in [0.4, 0.5) is 5.82 Å². The summed E-state index contributed by atoms with van der Waals surface area (Å²) in [6.45, 7) is 7.53. The molecule has 0 bridgehead atoms. The van der Waals surface area contributed by atoms with Gasteiger partial charge in [0.15, 0.2) is 0 Å². The highest BCUT2D eigenvalue weighted by atomic mass is 16.3. The fraction of sp³-hybridized carbons (Fsp3) is 0.667. The van der Waals surface area contributed by atoms with E-state index in [0.29, 0.717) is 0 Å². The molecule has 0 atom stereocenters. The summed E-state index contributed by atoms with van der Waals surface area (Å²) < 4.78 is 0. The van der Waals surface area contributed by atoms with Crippen molar-refractivity contribution < 1.29 is 5.11 Å². The monoisotopic (exact) mass is 221 g/mol. The van der Waals surface area contributed by atoms with Gasteiger partial charge in [-0.2, -0.15) is 0 Å². The van der Waals surface area contributed by atoms with Gasteiger partial charge in [0.25, 0.3) is 0 Å². The first-order valence-corrected chi connectivity index (χ1v) is 5.76. The predicted octanol–water partition coefficient (Wildman–Crippen LogP) is 1.44. The van der Waals surface area contributed by atoms with Crippen molar-refractivity contribution in [2.45, 2.75) is 39.2 Å². The lowest BCUT2D eigenvalue weighted by Crippen LogP contribution is -2.42. The molecule has 88 valence electrons. The molecule has 0 radical (unpaired) electrons. The van der Waals surface area contributed by atoms with Gasteiger partial charge in [0, 0.05) is 24.8 Å². The molecule has 1 aliphatic heterocycles. The molecule has 4 nitrogen and oxygen atoms in total. The smallest absolute Gasteiger partial charge is 0.132 e. The van der Waals surface area contributed by atoms with Gasteiger partial charge in [-0.25, -0.2) is 9.97 Å². The maximum absolute atomic E-state index is 9.89. The van der Waals surface area contributed by atoms with Crippen molar-refractivity contribution in [2.75, 3.05) is 18.0 Å². The Labute approximate surface area is 96.3 Å². The van der Waals surface area contributed by atoms with E-state index in [2.05, 4.69) is 14.9 Å². The summed E-state index contributed by atoms with van der Waals surface area (Å²) in [4.78, 5) is 10.9. The van der Waals surface area contributed by atoms with E-state index in [0.717, 1.165) is 43.3 Å². The second kappa shape index (κ2) is 4.01. The van der Waals surface area contributed by atoms with Gasteiger partial charge in [0.05, 0.1) is 5.60 Å². The molecule has 1 fully saturated rings. The van der Waals surface area contributed by atoms with Crippen LogP contribution in [0.15, 0.2) is 6.07 Å². The summed E-state index contributed by atoms with van der Waals surface area (Å²) in [7, 11) is 0. The highest BCUT2D eigenvalue weighted by Crippen LogP contribution is 2.24. The molecule has 1 saturated heterocycles. The summed E-state index contributed by atoms with van der Waals surface area (Å²) in [6, 6.07) is 2.01. The van der Waals surface area contributed by atoms with Crippen LogP contribution < -0.4 is 4.90 Å². The van der Waals surface area contributed by atoms with Crippen LogP contribution in [0, 0.1) is 13.8 Å². The second-order valence-electron chi connectivity index (χ2n) is 4.90. The molecule has 16 heavy (non-hydrogen) atoms. The van der Waals surface area contributed by atoms with Crippen LogP contribution in [0.2, 0.25) is 0 Å². The van der Waals surface area contributed by atoms with Crippen LogP contribution in [0.3, 0.4) is 0 Å². The number of rotatable bonds is 1. The van der Waals surface area contributed by atoms with Crippen LogP contribution in [0.5, 0.6) is 0 Å². The maximum atomic E-state index is 9.89. The largest absolute Gasteiger partial charge is 0.390 e. The number of nitrogens with zero attached hydrogens (tertiary/aromatic N) is 3. The van der Waals surface area contributed by atoms with E-state index >= 15 is 0 Å². The Morgan fingerprint density at radius 1 is 1.25 bits per heavy atom. The third kappa shape index (κ3) is 2.50. The Balaban J connectivity index is 2.14. The molecule has 4 heteroatoms. The molecular formula is C12H19N3O. The van der Waals surface area contributed by atoms with Crippen molar-refractivity contribution in [1.82, 2.24) is 9.97 Å². The third-order valence-electron chi connectivity index (χ3n) is 3.12. The summed E-state index contributed by atoms with van der Waals surface area (Å²) in [5.41, 5.74) is 0.494. The fourth-order valence-electron chi connectivity index (χ4n) is 2.08. The number of aryl methyl sites for hydroxylation is 2. The molecule has 0 aliphatic carbocycles. The molecule has 0 spiro atoms.